The second-order valence-electron chi connectivity index (χ2n) is 7.25. The lowest BCUT2D eigenvalue weighted by Gasteiger charge is -2.15. The third-order valence-corrected chi connectivity index (χ3v) is 5.31. The molecule has 0 bridgehead atoms. The summed E-state index contributed by atoms with van der Waals surface area (Å²) >= 11 is 0. The van der Waals surface area contributed by atoms with Gasteiger partial charge in [0.05, 0.1) is 0 Å². The highest BCUT2D eigenvalue weighted by Crippen LogP contribution is 2.22. The SMILES string of the molecule is C=N/C=C(CCCCc1cc(CC)c(CC)cc1CC)\C(=N/N)NCCCC. The van der Waals surface area contributed by atoms with E-state index < -0.39 is 0 Å². The Morgan fingerprint density at radius 2 is 1.57 bits per heavy atom. The van der Waals surface area contributed by atoms with E-state index in [9.17, 15) is 0 Å². The summed E-state index contributed by atoms with van der Waals surface area (Å²) in [4.78, 5) is 3.95. The van der Waals surface area contributed by atoms with Gasteiger partial charge in [-0.05, 0) is 80.3 Å². The lowest BCUT2D eigenvalue weighted by atomic mass is 9.91. The van der Waals surface area contributed by atoms with Gasteiger partial charge in [0.2, 0.25) is 0 Å². The molecular formula is C24H40N4. The van der Waals surface area contributed by atoms with Crippen molar-refractivity contribution < 1.29 is 0 Å². The molecule has 0 saturated carbocycles. The Labute approximate surface area is 172 Å². The zero-order valence-electron chi connectivity index (χ0n) is 18.5. The highest BCUT2D eigenvalue weighted by Gasteiger charge is 2.09. The molecule has 0 spiro atoms. The van der Waals surface area contributed by atoms with E-state index >= 15 is 0 Å². The van der Waals surface area contributed by atoms with Crippen LogP contribution in [0.15, 0.2) is 34.0 Å². The van der Waals surface area contributed by atoms with E-state index in [-0.39, 0.29) is 0 Å². The molecule has 1 aromatic carbocycles. The molecule has 0 aliphatic heterocycles. The van der Waals surface area contributed by atoms with E-state index in [0.717, 1.165) is 75.7 Å². The van der Waals surface area contributed by atoms with E-state index in [1.165, 1.54) is 22.3 Å². The molecule has 0 radical (unpaired) electrons. The summed E-state index contributed by atoms with van der Waals surface area (Å²) in [5.74, 6) is 6.35. The first-order valence-electron chi connectivity index (χ1n) is 10.9. The van der Waals surface area contributed by atoms with Gasteiger partial charge in [-0.25, -0.2) is 0 Å². The fraction of sp³-hybridized carbons (Fsp3) is 0.583. The van der Waals surface area contributed by atoms with Gasteiger partial charge in [-0.15, -0.1) is 0 Å². The molecule has 0 unspecified atom stereocenters. The van der Waals surface area contributed by atoms with Crippen molar-refractivity contribution in [3.05, 3.63) is 46.2 Å². The smallest absolute Gasteiger partial charge is 0.150 e. The topological polar surface area (TPSA) is 62.8 Å². The fourth-order valence-electron chi connectivity index (χ4n) is 3.62. The van der Waals surface area contributed by atoms with Crippen LogP contribution in [0.5, 0.6) is 0 Å². The van der Waals surface area contributed by atoms with Gasteiger partial charge in [0.15, 0.2) is 0 Å². The number of aliphatic imine (C=N–C) groups is 1. The van der Waals surface area contributed by atoms with Gasteiger partial charge < -0.3 is 11.2 Å². The predicted molar refractivity (Wildman–Crippen MR) is 124 cm³/mol. The molecule has 0 aliphatic carbocycles. The zero-order valence-corrected chi connectivity index (χ0v) is 18.5. The number of nitrogens with zero attached hydrogens (tertiary/aromatic N) is 2. The molecule has 0 aliphatic rings. The molecule has 0 fully saturated rings. The molecule has 4 nitrogen and oxygen atoms in total. The normalized spacial score (nSPS) is 12.3. The van der Waals surface area contributed by atoms with Crippen molar-refractivity contribution in [1.82, 2.24) is 5.32 Å². The Morgan fingerprint density at radius 3 is 2.11 bits per heavy atom. The van der Waals surface area contributed by atoms with Crippen molar-refractivity contribution in [2.45, 2.75) is 85.5 Å². The van der Waals surface area contributed by atoms with E-state index in [4.69, 9.17) is 5.84 Å². The van der Waals surface area contributed by atoms with Gasteiger partial charge in [0, 0.05) is 18.3 Å². The molecule has 0 heterocycles. The first-order chi connectivity index (χ1) is 13.6. The monoisotopic (exact) mass is 384 g/mol. The standard InChI is InChI=1S/C24H40N4/c1-6-10-15-27-24(28-25)23(18-26-5)14-12-11-13-22-17-20(8-3)19(7-2)16-21(22)9-4/h16-18H,5-15,25H2,1-4H3,(H,27,28)/b23-18-. The summed E-state index contributed by atoms with van der Waals surface area (Å²) in [6, 6.07) is 4.87. The highest BCUT2D eigenvalue weighted by atomic mass is 15.2. The van der Waals surface area contributed by atoms with Crippen LogP contribution in [0.25, 0.3) is 0 Å². The number of hydrogen-bond donors (Lipinski definition) is 2. The third-order valence-electron chi connectivity index (χ3n) is 5.31. The molecule has 4 heteroatoms. The largest absolute Gasteiger partial charge is 0.368 e. The number of unbranched alkanes of at least 4 members (excludes halogenated alkanes) is 2. The summed E-state index contributed by atoms with van der Waals surface area (Å²) in [6.45, 7) is 13.4. The van der Waals surface area contributed by atoms with Crippen LogP contribution >= 0.6 is 0 Å². The van der Waals surface area contributed by atoms with Gasteiger partial charge in [0.25, 0.3) is 0 Å². The summed E-state index contributed by atoms with van der Waals surface area (Å²) in [7, 11) is 0. The minimum atomic E-state index is 0.746. The summed E-state index contributed by atoms with van der Waals surface area (Å²) in [6.07, 6.45) is 11.6. The zero-order chi connectivity index (χ0) is 20.8. The minimum absolute atomic E-state index is 0.746. The van der Waals surface area contributed by atoms with E-state index in [0.29, 0.717) is 0 Å². The predicted octanol–water partition coefficient (Wildman–Crippen LogP) is 5.33. The molecule has 1 aromatic rings. The maximum absolute atomic E-state index is 5.60. The Bertz CT molecular complexity index is 659. The van der Waals surface area contributed by atoms with Crippen LogP contribution in [0.4, 0.5) is 0 Å². The number of hydrogen-bond acceptors (Lipinski definition) is 3. The average molecular weight is 385 g/mol. The number of hydrazone groups is 1. The lowest BCUT2D eigenvalue weighted by molar-refractivity contribution is 0.720. The second kappa shape index (κ2) is 14.0. The first-order valence-corrected chi connectivity index (χ1v) is 10.9. The van der Waals surface area contributed by atoms with Crippen LogP contribution in [-0.2, 0) is 25.7 Å². The Balaban J connectivity index is 2.71. The van der Waals surface area contributed by atoms with Crippen molar-refractivity contribution in [2.75, 3.05) is 6.54 Å². The number of aryl methyl sites for hydroxylation is 4. The fourth-order valence-corrected chi connectivity index (χ4v) is 3.62. The van der Waals surface area contributed by atoms with E-state index in [2.05, 4.69) is 62.0 Å². The van der Waals surface area contributed by atoms with Crippen molar-refractivity contribution >= 4 is 12.6 Å². The number of nitrogens with one attached hydrogen (secondary N) is 1. The van der Waals surface area contributed by atoms with Crippen LogP contribution in [-0.4, -0.2) is 19.1 Å². The number of rotatable bonds is 13. The van der Waals surface area contributed by atoms with Crippen LogP contribution in [0.1, 0.15) is 82.1 Å². The second-order valence-corrected chi connectivity index (χ2v) is 7.25. The van der Waals surface area contributed by atoms with Gasteiger partial charge in [-0.3, -0.25) is 4.99 Å². The first kappa shape index (κ1) is 23.9. The molecule has 0 saturated heterocycles. The Morgan fingerprint density at radius 1 is 0.964 bits per heavy atom. The van der Waals surface area contributed by atoms with Crippen LogP contribution < -0.4 is 11.2 Å². The molecule has 0 atom stereocenters. The summed E-state index contributed by atoms with van der Waals surface area (Å²) in [5, 5.41) is 7.26. The number of benzene rings is 1. The number of amidine groups is 1. The summed E-state index contributed by atoms with van der Waals surface area (Å²) in [5.41, 5.74) is 7.07. The van der Waals surface area contributed by atoms with Crippen molar-refractivity contribution in [3.8, 4) is 0 Å². The van der Waals surface area contributed by atoms with Gasteiger partial charge in [-0.1, -0.05) is 46.2 Å². The lowest BCUT2D eigenvalue weighted by Crippen LogP contribution is -2.27. The molecule has 156 valence electrons. The van der Waals surface area contributed by atoms with Gasteiger partial charge in [-0.2, -0.15) is 5.10 Å². The maximum Gasteiger partial charge on any atom is 0.150 e. The van der Waals surface area contributed by atoms with Crippen molar-refractivity contribution in [2.24, 2.45) is 15.9 Å². The quantitative estimate of drug-likeness (QED) is 0.159. The molecule has 1 rings (SSSR count). The minimum Gasteiger partial charge on any atom is -0.368 e. The molecule has 0 amide bonds. The molecule has 28 heavy (non-hydrogen) atoms. The van der Waals surface area contributed by atoms with E-state index in [1.54, 1.807) is 6.20 Å². The maximum atomic E-state index is 5.60. The number of nitrogens with two attached hydrogens (primary N) is 1. The van der Waals surface area contributed by atoms with Gasteiger partial charge >= 0.3 is 0 Å². The molecule has 3 N–H and O–H groups in total. The van der Waals surface area contributed by atoms with Crippen LogP contribution in [0.2, 0.25) is 0 Å². The van der Waals surface area contributed by atoms with Crippen LogP contribution in [0, 0.1) is 0 Å². The van der Waals surface area contributed by atoms with Crippen LogP contribution in [0.3, 0.4) is 0 Å². The van der Waals surface area contributed by atoms with Crippen molar-refractivity contribution in [1.29, 1.82) is 0 Å². The Hall–Kier alpha value is -2.10. The van der Waals surface area contributed by atoms with Crippen molar-refractivity contribution in [3.63, 3.8) is 0 Å². The average Bonchev–Trinajstić information content (AvgIpc) is 2.73. The Kier molecular flexibility index (Phi) is 11.9. The van der Waals surface area contributed by atoms with E-state index in [1.807, 2.05) is 0 Å². The molecule has 0 aromatic heterocycles. The molecular weight excluding hydrogens is 344 g/mol. The highest BCUT2D eigenvalue weighted by molar-refractivity contribution is 5.98. The summed E-state index contributed by atoms with van der Waals surface area (Å²) < 4.78 is 0. The van der Waals surface area contributed by atoms with Gasteiger partial charge in [0.1, 0.15) is 5.84 Å². The third kappa shape index (κ3) is 7.49.